The molecule has 0 radical (unpaired) electrons. The lowest BCUT2D eigenvalue weighted by Gasteiger charge is -2.23. The summed E-state index contributed by atoms with van der Waals surface area (Å²) in [5.74, 6) is 0.792. The first-order valence-electron chi connectivity index (χ1n) is 7.40. The SMILES string of the molecule is CN(C)C(=O)CN=C(NC1CC1)N(C)Cc1cc(Br)cn1C.I. The van der Waals surface area contributed by atoms with Crippen molar-refractivity contribution < 1.29 is 4.79 Å². The van der Waals surface area contributed by atoms with Gasteiger partial charge in [-0.05, 0) is 34.8 Å². The molecule has 0 spiro atoms. The molecule has 8 heteroatoms. The molecule has 23 heavy (non-hydrogen) atoms. The van der Waals surface area contributed by atoms with E-state index in [9.17, 15) is 4.79 Å². The van der Waals surface area contributed by atoms with Crippen molar-refractivity contribution in [3.63, 3.8) is 0 Å². The number of amides is 1. The second-order valence-corrected chi connectivity index (χ2v) is 6.88. The number of guanidine groups is 1. The van der Waals surface area contributed by atoms with Gasteiger partial charge in [0.1, 0.15) is 6.54 Å². The topological polar surface area (TPSA) is 52.9 Å². The largest absolute Gasteiger partial charge is 0.353 e. The molecular weight excluding hydrogens is 473 g/mol. The van der Waals surface area contributed by atoms with Gasteiger partial charge in [-0.1, -0.05) is 0 Å². The Morgan fingerprint density at radius 3 is 2.57 bits per heavy atom. The van der Waals surface area contributed by atoms with Crippen LogP contribution >= 0.6 is 39.9 Å². The first kappa shape index (κ1) is 20.3. The van der Waals surface area contributed by atoms with Crippen LogP contribution in [0.15, 0.2) is 21.7 Å². The van der Waals surface area contributed by atoms with E-state index in [0.717, 1.165) is 17.0 Å². The van der Waals surface area contributed by atoms with Crippen LogP contribution in [0.25, 0.3) is 0 Å². The van der Waals surface area contributed by atoms with Crippen LogP contribution in [-0.4, -0.2) is 60.0 Å². The molecule has 0 saturated heterocycles. The Morgan fingerprint density at radius 1 is 1.43 bits per heavy atom. The molecule has 0 atom stereocenters. The number of carbonyl (C=O) groups excluding carboxylic acids is 1. The number of hydrogen-bond donors (Lipinski definition) is 1. The maximum absolute atomic E-state index is 11.7. The van der Waals surface area contributed by atoms with Gasteiger partial charge in [0, 0.05) is 50.6 Å². The highest BCUT2D eigenvalue weighted by Gasteiger charge is 2.24. The number of carbonyl (C=O) groups is 1. The van der Waals surface area contributed by atoms with Gasteiger partial charge in [0.15, 0.2) is 5.96 Å². The summed E-state index contributed by atoms with van der Waals surface area (Å²) in [5.41, 5.74) is 1.18. The van der Waals surface area contributed by atoms with Crippen molar-refractivity contribution in [1.82, 2.24) is 19.7 Å². The number of rotatable bonds is 5. The van der Waals surface area contributed by atoms with E-state index in [4.69, 9.17) is 0 Å². The van der Waals surface area contributed by atoms with Gasteiger partial charge >= 0.3 is 0 Å². The molecule has 1 fully saturated rings. The Hall–Kier alpha value is -0.770. The van der Waals surface area contributed by atoms with Crippen LogP contribution in [0.3, 0.4) is 0 Å². The van der Waals surface area contributed by atoms with Crippen LogP contribution in [-0.2, 0) is 18.4 Å². The second-order valence-electron chi connectivity index (χ2n) is 5.96. The highest BCUT2D eigenvalue weighted by Crippen LogP contribution is 2.19. The zero-order valence-corrected chi connectivity index (χ0v) is 18.0. The van der Waals surface area contributed by atoms with Gasteiger partial charge in [-0.3, -0.25) is 4.79 Å². The third-order valence-corrected chi connectivity index (χ3v) is 4.04. The van der Waals surface area contributed by atoms with Crippen molar-refractivity contribution in [2.75, 3.05) is 27.7 Å². The Balaban J connectivity index is 0.00000264. The number of aliphatic imine (C=N–C) groups is 1. The standard InChI is InChI=1S/C15H24BrN5O.HI/c1-19(2)14(22)8-17-15(18-12-5-6-12)21(4)10-13-7-11(16)9-20(13)3;/h7,9,12H,5-6,8,10H2,1-4H3,(H,17,18);1H. The Bertz CT molecular complexity index is 568. The first-order valence-corrected chi connectivity index (χ1v) is 8.19. The molecule has 1 aromatic rings. The van der Waals surface area contributed by atoms with Crippen molar-refractivity contribution >= 4 is 51.8 Å². The molecule has 6 nitrogen and oxygen atoms in total. The first-order chi connectivity index (χ1) is 10.4. The molecule has 1 N–H and O–H groups in total. The summed E-state index contributed by atoms with van der Waals surface area (Å²) < 4.78 is 3.15. The van der Waals surface area contributed by atoms with E-state index in [-0.39, 0.29) is 36.4 Å². The highest BCUT2D eigenvalue weighted by molar-refractivity contribution is 14.0. The predicted molar refractivity (Wildman–Crippen MR) is 107 cm³/mol. The molecular formula is C15H25BrIN5O. The maximum atomic E-state index is 11.7. The quantitative estimate of drug-likeness (QED) is 0.385. The highest BCUT2D eigenvalue weighted by atomic mass is 127. The molecule has 0 bridgehead atoms. The van der Waals surface area contributed by atoms with Crippen LogP contribution < -0.4 is 5.32 Å². The Labute approximate surface area is 163 Å². The summed E-state index contributed by atoms with van der Waals surface area (Å²) in [5, 5.41) is 3.42. The molecule has 0 aromatic carbocycles. The average Bonchev–Trinajstić information content (AvgIpc) is 3.20. The van der Waals surface area contributed by atoms with Crippen molar-refractivity contribution in [2.45, 2.75) is 25.4 Å². The zero-order valence-electron chi connectivity index (χ0n) is 14.0. The zero-order chi connectivity index (χ0) is 16.3. The number of aryl methyl sites for hydroxylation is 1. The molecule has 0 aliphatic heterocycles. The van der Waals surface area contributed by atoms with Gasteiger partial charge in [0.2, 0.25) is 5.91 Å². The Kier molecular flexibility index (Phi) is 7.85. The second kappa shape index (κ2) is 8.91. The average molecular weight is 498 g/mol. The molecule has 1 amide bonds. The minimum absolute atomic E-state index is 0. The number of hydrogen-bond acceptors (Lipinski definition) is 2. The third kappa shape index (κ3) is 6.33. The fourth-order valence-electron chi connectivity index (χ4n) is 2.01. The van der Waals surface area contributed by atoms with Gasteiger partial charge in [-0.15, -0.1) is 24.0 Å². The van der Waals surface area contributed by atoms with Crippen molar-refractivity contribution in [3.8, 4) is 0 Å². The van der Waals surface area contributed by atoms with Crippen molar-refractivity contribution in [3.05, 3.63) is 22.4 Å². The molecule has 1 aromatic heterocycles. The fourth-order valence-corrected chi connectivity index (χ4v) is 2.58. The molecule has 1 aliphatic carbocycles. The van der Waals surface area contributed by atoms with E-state index in [1.807, 2.05) is 20.3 Å². The van der Waals surface area contributed by atoms with Crippen molar-refractivity contribution in [2.24, 2.45) is 12.0 Å². The number of aromatic nitrogens is 1. The van der Waals surface area contributed by atoms with E-state index >= 15 is 0 Å². The number of nitrogens with zero attached hydrogens (tertiary/aromatic N) is 4. The van der Waals surface area contributed by atoms with Gasteiger partial charge in [0.05, 0.1) is 6.54 Å². The summed E-state index contributed by atoms with van der Waals surface area (Å²) in [6, 6.07) is 2.59. The minimum atomic E-state index is 0. The summed E-state index contributed by atoms with van der Waals surface area (Å²) in [6.45, 7) is 0.903. The fraction of sp³-hybridized carbons (Fsp3) is 0.600. The van der Waals surface area contributed by atoms with Crippen LogP contribution in [0.1, 0.15) is 18.5 Å². The van der Waals surface area contributed by atoms with E-state index < -0.39 is 0 Å². The molecule has 130 valence electrons. The summed E-state index contributed by atoms with van der Waals surface area (Å²) in [6.07, 6.45) is 4.37. The van der Waals surface area contributed by atoms with Crippen LogP contribution in [0, 0.1) is 0 Å². The van der Waals surface area contributed by atoms with Crippen LogP contribution in [0.4, 0.5) is 0 Å². The molecule has 0 unspecified atom stereocenters. The predicted octanol–water partition coefficient (Wildman–Crippen LogP) is 2.03. The number of likely N-dealkylation sites (N-methyl/N-ethyl adjacent to an activating group) is 1. The summed E-state index contributed by atoms with van der Waals surface area (Å²) in [7, 11) is 7.51. The number of halogens is 2. The van der Waals surface area contributed by atoms with Gasteiger partial charge < -0.3 is 19.7 Å². The number of nitrogens with one attached hydrogen (secondary N) is 1. The molecule has 2 rings (SSSR count). The third-order valence-electron chi connectivity index (χ3n) is 3.61. The summed E-state index contributed by atoms with van der Waals surface area (Å²) in [4.78, 5) is 19.8. The molecule has 1 heterocycles. The van der Waals surface area contributed by atoms with Crippen LogP contribution in [0.2, 0.25) is 0 Å². The van der Waals surface area contributed by atoms with Gasteiger partial charge in [-0.25, -0.2) is 4.99 Å². The smallest absolute Gasteiger partial charge is 0.243 e. The van der Waals surface area contributed by atoms with Crippen molar-refractivity contribution in [1.29, 1.82) is 0 Å². The van der Waals surface area contributed by atoms with Gasteiger partial charge in [0.25, 0.3) is 0 Å². The van der Waals surface area contributed by atoms with E-state index in [1.54, 1.807) is 19.0 Å². The normalized spacial score (nSPS) is 14.2. The lowest BCUT2D eigenvalue weighted by atomic mass is 10.4. The Morgan fingerprint density at radius 2 is 2.09 bits per heavy atom. The molecule has 1 saturated carbocycles. The molecule has 1 aliphatic rings. The van der Waals surface area contributed by atoms with E-state index in [1.165, 1.54) is 18.5 Å². The van der Waals surface area contributed by atoms with E-state index in [2.05, 4.69) is 41.8 Å². The monoisotopic (exact) mass is 497 g/mol. The lowest BCUT2D eigenvalue weighted by molar-refractivity contribution is -0.127. The summed E-state index contributed by atoms with van der Waals surface area (Å²) >= 11 is 3.49. The van der Waals surface area contributed by atoms with E-state index in [0.29, 0.717) is 6.04 Å². The maximum Gasteiger partial charge on any atom is 0.243 e. The minimum Gasteiger partial charge on any atom is -0.353 e. The van der Waals surface area contributed by atoms with Crippen LogP contribution in [0.5, 0.6) is 0 Å². The van der Waals surface area contributed by atoms with Gasteiger partial charge in [-0.2, -0.15) is 0 Å². The lowest BCUT2D eigenvalue weighted by Crippen LogP contribution is -2.41.